The Morgan fingerprint density at radius 3 is 2.73 bits per heavy atom. The van der Waals surface area contributed by atoms with Crippen LogP contribution in [0.1, 0.15) is 19.8 Å². The molecule has 1 heterocycles. The van der Waals surface area contributed by atoms with Gasteiger partial charge < -0.3 is 15.5 Å². The van der Waals surface area contributed by atoms with Gasteiger partial charge in [0.15, 0.2) is 5.96 Å². The van der Waals surface area contributed by atoms with E-state index < -0.39 is 10.0 Å². The third kappa shape index (κ3) is 7.51. The topological polar surface area (TPSA) is 85.8 Å². The zero-order chi connectivity index (χ0) is 19.0. The van der Waals surface area contributed by atoms with Crippen LogP contribution in [0.2, 0.25) is 0 Å². The Bertz CT molecular complexity index is 694. The maximum absolute atomic E-state index is 11.0. The molecule has 1 aromatic rings. The Labute approximate surface area is 164 Å². The molecule has 9 heteroatoms. The second-order valence-electron chi connectivity index (χ2n) is 6.33. The summed E-state index contributed by atoms with van der Waals surface area (Å²) in [5.74, 6) is 0.787. The molecule has 1 aliphatic rings. The van der Waals surface area contributed by atoms with Gasteiger partial charge in [-0.2, -0.15) is 0 Å². The van der Waals surface area contributed by atoms with Crippen molar-refractivity contribution in [3.8, 4) is 0 Å². The smallest absolute Gasteiger partial charge is 0.208 e. The summed E-state index contributed by atoms with van der Waals surface area (Å²) in [5, 5.41) is 6.74. The number of hydrogen-bond acceptors (Lipinski definition) is 4. The largest absolute Gasteiger partial charge is 0.369 e. The number of sulfonamides is 1. The molecular weight excluding hydrogens is 418 g/mol. The zero-order valence-corrected chi connectivity index (χ0v) is 17.7. The SMILES string of the molecule is CCNC(=NCCCNS(C)(=O)=O)NC1CCN(c2ccc(Br)cc2)C1. The molecule has 3 N–H and O–H groups in total. The quantitative estimate of drug-likeness (QED) is 0.320. The van der Waals surface area contributed by atoms with E-state index in [1.807, 2.05) is 6.92 Å². The maximum atomic E-state index is 11.0. The molecule has 146 valence electrons. The number of benzene rings is 1. The highest BCUT2D eigenvalue weighted by atomic mass is 79.9. The Morgan fingerprint density at radius 1 is 1.35 bits per heavy atom. The Balaban J connectivity index is 1.81. The minimum absolute atomic E-state index is 0.339. The minimum atomic E-state index is -3.13. The molecule has 0 amide bonds. The van der Waals surface area contributed by atoms with Crippen molar-refractivity contribution >= 4 is 37.6 Å². The van der Waals surface area contributed by atoms with E-state index in [9.17, 15) is 8.42 Å². The highest BCUT2D eigenvalue weighted by molar-refractivity contribution is 9.10. The lowest BCUT2D eigenvalue weighted by atomic mass is 10.3. The second-order valence-corrected chi connectivity index (χ2v) is 9.08. The van der Waals surface area contributed by atoms with Crippen LogP contribution in [0.15, 0.2) is 33.7 Å². The van der Waals surface area contributed by atoms with Crippen LogP contribution < -0.4 is 20.3 Å². The van der Waals surface area contributed by atoms with Crippen molar-refractivity contribution in [1.29, 1.82) is 0 Å². The summed E-state index contributed by atoms with van der Waals surface area (Å²) in [4.78, 5) is 6.91. The predicted octanol–water partition coefficient (Wildman–Crippen LogP) is 1.52. The Hall–Kier alpha value is -1.32. The van der Waals surface area contributed by atoms with E-state index in [4.69, 9.17) is 0 Å². The standard InChI is InChI=1S/C17H28BrN5O2S/c1-3-19-17(20-10-4-11-21-26(2,24)25)22-15-9-12-23(13-15)16-7-5-14(18)6-8-16/h5-8,15,21H,3-4,9-13H2,1-2H3,(H2,19,20,22). The molecule has 7 nitrogen and oxygen atoms in total. The fraction of sp³-hybridized carbons (Fsp3) is 0.588. The molecule has 26 heavy (non-hydrogen) atoms. The summed E-state index contributed by atoms with van der Waals surface area (Å²) < 4.78 is 25.7. The molecule has 0 spiro atoms. The van der Waals surface area contributed by atoms with Crippen LogP contribution in [-0.4, -0.2) is 59.4 Å². The lowest BCUT2D eigenvalue weighted by Gasteiger charge is -2.20. The molecule has 0 aromatic heterocycles. The monoisotopic (exact) mass is 445 g/mol. The minimum Gasteiger partial charge on any atom is -0.369 e. The predicted molar refractivity (Wildman–Crippen MR) is 111 cm³/mol. The number of aliphatic imine (C=N–C) groups is 1. The van der Waals surface area contributed by atoms with Crippen molar-refractivity contribution in [1.82, 2.24) is 15.4 Å². The molecule has 1 atom stereocenters. The maximum Gasteiger partial charge on any atom is 0.208 e. The molecule has 0 saturated carbocycles. The van der Waals surface area contributed by atoms with Gasteiger partial charge in [-0.05, 0) is 44.0 Å². The van der Waals surface area contributed by atoms with E-state index in [-0.39, 0.29) is 0 Å². The van der Waals surface area contributed by atoms with Gasteiger partial charge in [0, 0.05) is 48.9 Å². The number of nitrogens with one attached hydrogen (secondary N) is 3. The molecular formula is C17H28BrN5O2S. The van der Waals surface area contributed by atoms with Gasteiger partial charge in [-0.25, -0.2) is 13.1 Å². The van der Waals surface area contributed by atoms with Crippen LogP contribution in [0.25, 0.3) is 0 Å². The lowest BCUT2D eigenvalue weighted by molar-refractivity contribution is 0.585. The van der Waals surface area contributed by atoms with E-state index in [1.54, 1.807) is 0 Å². The van der Waals surface area contributed by atoms with Gasteiger partial charge in [-0.3, -0.25) is 4.99 Å². The third-order valence-corrected chi connectivity index (χ3v) is 5.29. The number of rotatable bonds is 8. The molecule has 1 saturated heterocycles. The fourth-order valence-corrected chi connectivity index (χ4v) is 3.58. The molecule has 2 rings (SSSR count). The van der Waals surface area contributed by atoms with Crippen LogP contribution in [0.3, 0.4) is 0 Å². The van der Waals surface area contributed by atoms with Gasteiger partial charge in [0.25, 0.3) is 0 Å². The summed E-state index contributed by atoms with van der Waals surface area (Å²) >= 11 is 3.47. The van der Waals surface area contributed by atoms with E-state index in [1.165, 1.54) is 11.9 Å². The van der Waals surface area contributed by atoms with E-state index >= 15 is 0 Å². The van der Waals surface area contributed by atoms with E-state index in [2.05, 4.69) is 65.4 Å². The summed E-state index contributed by atoms with van der Waals surface area (Å²) in [6.45, 7) is 5.74. The summed E-state index contributed by atoms with van der Waals surface area (Å²) in [5.41, 5.74) is 1.23. The molecule has 1 fully saturated rings. The lowest BCUT2D eigenvalue weighted by Crippen LogP contribution is -2.44. The van der Waals surface area contributed by atoms with Gasteiger partial charge in [0.05, 0.1) is 6.26 Å². The number of nitrogens with zero attached hydrogens (tertiary/aromatic N) is 2. The highest BCUT2D eigenvalue weighted by Crippen LogP contribution is 2.22. The number of hydrogen-bond donors (Lipinski definition) is 3. The molecule has 0 radical (unpaired) electrons. The molecule has 0 bridgehead atoms. The molecule has 1 unspecified atom stereocenters. The second kappa shape index (κ2) is 10.1. The first-order valence-electron chi connectivity index (χ1n) is 8.87. The van der Waals surface area contributed by atoms with Crippen LogP contribution in [0.4, 0.5) is 5.69 Å². The average Bonchev–Trinajstić information content (AvgIpc) is 3.03. The first-order chi connectivity index (χ1) is 12.4. The summed E-state index contributed by atoms with van der Waals surface area (Å²) in [6, 6.07) is 8.71. The van der Waals surface area contributed by atoms with Gasteiger partial charge in [0.1, 0.15) is 0 Å². The van der Waals surface area contributed by atoms with E-state index in [0.29, 0.717) is 25.6 Å². The van der Waals surface area contributed by atoms with Gasteiger partial charge in [-0.15, -0.1) is 0 Å². The highest BCUT2D eigenvalue weighted by Gasteiger charge is 2.23. The Kier molecular flexibility index (Phi) is 8.17. The summed E-state index contributed by atoms with van der Waals surface area (Å²) in [7, 11) is -3.13. The molecule has 1 aliphatic heterocycles. The summed E-state index contributed by atoms with van der Waals surface area (Å²) in [6.07, 6.45) is 2.88. The van der Waals surface area contributed by atoms with Crippen molar-refractivity contribution in [2.24, 2.45) is 4.99 Å². The third-order valence-electron chi connectivity index (χ3n) is 4.03. The van der Waals surface area contributed by atoms with Gasteiger partial charge in [-0.1, -0.05) is 15.9 Å². The van der Waals surface area contributed by atoms with Crippen molar-refractivity contribution in [3.63, 3.8) is 0 Å². The van der Waals surface area contributed by atoms with Crippen LogP contribution in [0, 0.1) is 0 Å². The van der Waals surface area contributed by atoms with Crippen LogP contribution >= 0.6 is 15.9 Å². The fourth-order valence-electron chi connectivity index (χ4n) is 2.81. The average molecular weight is 446 g/mol. The van der Waals surface area contributed by atoms with Crippen molar-refractivity contribution < 1.29 is 8.42 Å². The number of halogens is 1. The zero-order valence-electron chi connectivity index (χ0n) is 15.3. The first kappa shape index (κ1) is 21.0. The number of guanidine groups is 1. The van der Waals surface area contributed by atoms with Gasteiger partial charge >= 0.3 is 0 Å². The van der Waals surface area contributed by atoms with Crippen LogP contribution in [-0.2, 0) is 10.0 Å². The van der Waals surface area contributed by atoms with Crippen LogP contribution in [0.5, 0.6) is 0 Å². The van der Waals surface area contributed by atoms with Gasteiger partial charge in [0.2, 0.25) is 10.0 Å². The molecule has 0 aliphatic carbocycles. The Morgan fingerprint density at radius 2 is 2.08 bits per heavy atom. The first-order valence-corrected chi connectivity index (χ1v) is 11.6. The van der Waals surface area contributed by atoms with E-state index in [0.717, 1.165) is 36.5 Å². The van der Waals surface area contributed by atoms with Crippen molar-refractivity contribution in [2.75, 3.05) is 43.9 Å². The van der Waals surface area contributed by atoms with Crippen molar-refractivity contribution in [2.45, 2.75) is 25.8 Å². The normalized spacial score (nSPS) is 18.2. The number of anilines is 1. The van der Waals surface area contributed by atoms with Crippen molar-refractivity contribution in [3.05, 3.63) is 28.7 Å². The molecule has 1 aromatic carbocycles.